The van der Waals surface area contributed by atoms with Crippen LogP contribution in [0.2, 0.25) is 5.02 Å². The second-order valence-corrected chi connectivity index (χ2v) is 5.60. The quantitative estimate of drug-likeness (QED) is 0.545. The molecule has 2 rings (SSSR count). The van der Waals surface area contributed by atoms with Crippen LogP contribution in [0.4, 0.5) is 8.78 Å². The minimum absolute atomic E-state index is 0.144. The molecule has 0 aliphatic rings. The maximum atomic E-state index is 13.8. The van der Waals surface area contributed by atoms with Crippen molar-refractivity contribution in [2.75, 3.05) is 0 Å². The van der Waals surface area contributed by atoms with Crippen molar-refractivity contribution in [3.05, 3.63) is 62.6 Å². The normalized spacial score (nSPS) is 10.5. The van der Waals surface area contributed by atoms with Gasteiger partial charge in [-0.2, -0.15) is 0 Å². The molecule has 2 aromatic carbocycles. The summed E-state index contributed by atoms with van der Waals surface area (Å²) in [5, 5.41) is 0.382. The Balaban J connectivity index is 2.29. The van der Waals surface area contributed by atoms with Gasteiger partial charge in [-0.15, -0.1) is 0 Å². The van der Waals surface area contributed by atoms with Gasteiger partial charge < -0.3 is 4.74 Å². The van der Waals surface area contributed by atoms with E-state index in [-0.39, 0.29) is 33.7 Å². The number of ketones is 1. The number of carbonyl (C=O) groups is 1. The molecule has 0 bridgehead atoms. The largest absolute Gasteiger partial charge is 0.488 e. The molecule has 21 heavy (non-hydrogen) atoms. The molecule has 0 saturated carbocycles. The SMILES string of the molecule is CC(=O)c1cc(Cl)ccc1OCc1c(F)ccc(Br)c1F. The molecule has 0 fully saturated rings. The summed E-state index contributed by atoms with van der Waals surface area (Å²) in [5.41, 5.74) is 0.0483. The zero-order valence-electron chi connectivity index (χ0n) is 10.9. The molecule has 0 amide bonds. The molecule has 0 atom stereocenters. The minimum atomic E-state index is -0.728. The molecule has 0 heterocycles. The van der Waals surface area contributed by atoms with Gasteiger partial charge in [0.25, 0.3) is 0 Å². The Morgan fingerprint density at radius 1 is 1.29 bits per heavy atom. The van der Waals surface area contributed by atoms with E-state index >= 15 is 0 Å². The zero-order chi connectivity index (χ0) is 15.6. The molecular weight excluding hydrogens is 366 g/mol. The Bertz CT molecular complexity index is 704. The lowest BCUT2D eigenvalue weighted by Crippen LogP contribution is -2.05. The van der Waals surface area contributed by atoms with Gasteiger partial charge in [-0.1, -0.05) is 11.6 Å². The first-order valence-electron chi connectivity index (χ1n) is 5.96. The van der Waals surface area contributed by atoms with Crippen molar-refractivity contribution in [1.29, 1.82) is 0 Å². The van der Waals surface area contributed by atoms with Crippen LogP contribution in [0.3, 0.4) is 0 Å². The van der Waals surface area contributed by atoms with E-state index in [2.05, 4.69) is 15.9 Å². The molecule has 0 spiro atoms. The van der Waals surface area contributed by atoms with E-state index in [9.17, 15) is 13.6 Å². The first-order chi connectivity index (χ1) is 9.90. The molecule has 0 radical (unpaired) electrons. The van der Waals surface area contributed by atoms with Crippen LogP contribution in [0.1, 0.15) is 22.8 Å². The fourth-order valence-electron chi connectivity index (χ4n) is 1.75. The number of benzene rings is 2. The molecule has 0 aromatic heterocycles. The van der Waals surface area contributed by atoms with Crippen LogP contribution in [0.25, 0.3) is 0 Å². The van der Waals surface area contributed by atoms with E-state index in [1.165, 1.54) is 31.2 Å². The molecule has 0 saturated heterocycles. The molecule has 110 valence electrons. The van der Waals surface area contributed by atoms with E-state index in [4.69, 9.17) is 16.3 Å². The third-order valence-corrected chi connectivity index (χ3v) is 3.68. The highest BCUT2D eigenvalue weighted by atomic mass is 79.9. The van der Waals surface area contributed by atoms with E-state index in [1.807, 2.05) is 0 Å². The molecular formula is C15H10BrClF2O2. The van der Waals surface area contributed by atoms with Gasteiger partial charge in [0, 0.05) is 5.02 Å². The smallest absolute Gasteiger partial charge is 0.163 e. The lowest BCUT2D eigenvalue weighted by atomic mass is 10.1. The molecule has 0 unspecified atom stereocenters. The van der Waals surface area contributed by atoms with Gasteiger partial charge in [0.1, 0.15) is 24.0 Å². The van der Waals surface area contributed by atoms with E-state index < -0.39 is 11.6 Å². The summed E-state index contributed by atoms with van der Waals surface area (Å²) >= 11 is 8.80. The number of carbonyl (C=O) groups excluding carboxylic acids is 1. The van der Waals surface area contributed by atoms with Gasteiger partial charge in [0.05, 0.1) is 15.6 Å². The maximum absolute atomic E-state index is 13.8. The number of hydrogen-bond donors (Lipinski definition) is 0. The van der Waals surface area contributed by atoms with Crippen molar-refractivity contribution in [2.24, 2.45) is 0 Å². The lowest BCUT2D eigenvalue weighted by molar-refractivity contribution is 0.101. The Morgan fingerprint density at radius 3 is 2.67 bits per heavy atom. The second-order valence-electron chi connectivity index (χ2n) is 4.31. The maximum Gasteiger partial charge on any atom is 0.163 e. The van der Waals surface area contributed by atoms with Crippen LogP contribution in [0, 0.1) is 11.6 Å². The first kappa shape index (κ1) is 15.9. The summed E-state index contributed by atoms with van der Waals surface area (Å²) in [7, 11) is 0. The average molecular weight is 376 g/mol. The third-order valence-electron chi connectivity index (χ3n) is 2.83. The zero-order valence-corrected chi connectivity index (χ0v) is 13.3. The highest BCUT2D eigenvalue weighted by molar-refractivity contribution is 9.10. The average Bonchev–Trinajstić information content (AvgIpc) is 2.44. The Labute approximate surface area is 133 Å². The minimum Gasteiger partial charge on any atom is -0.488 e. The number of rotatable bonds is 4. The van der Waals surface area contributed by atoms with Crippen LogP contribution in [-0.4, -0.2) is 5.78 Å². The summed E-state index contributed by atoms with van der Waals surface area (Å²) in [5.74, 6) is -1.46. The van der Waals surface area contributed by atoms with Crippen LogP contribution in [0.5, 0.6) is 5.75 Å². The van der Waals surface area contributed by atoms with Crippen LogP contribution in [-0.2, 0) is 6.61 Å². The van der Waals surface area contributed by atoms with Gasteiger partial charge in [0.2, 0.25) is 0 Å². The number of Topliss-reactive ketones (excluding diaryl/α,β-unsaturated/α-hetero) is 1. The molecule has 0 aliphatic carbocycles. The van der Waals surface area contributed by atoms with Crippen molar-refractivity contribution in [3.63, 3.8) is 0 Å². The van der Waals surface area contributed by atoms with E-state index in [0.717, 1.165) is 6.07 Å². The van der Waals surface area contributed by atoms with Crippen LogP contribution < -0.4 is 4.74 Å². The van der Waals surface area contributed by atoms with Crippen molar-refractivity contribution < 1.29 is 18.3 Å². The predicted octanol–water partition coefficient (Wildman–Crippen LogP) is 5.16. The molecule has 0 aliphatic heterocycles. The Kier molecular flexibility index (Phi) is 4.96. The predicted molar refractivity (Wildman–Crippen MR) is 79.8 cm³/mol. The topological polar surface area (TPSA) is 26.3 Å². The fraction of sp³-hybridized carbons (Fsp3) is 0.133. The van der Waals surface area contributed by atoms with Gasteiger partial charge in [0.15, 0.2) is 5.78 Å². The molecule has 6 heteroatoms. The molecule has 2 aromatic rings. The highest BCUT2D eigenvalue weighted by Crippen LogP contribution is 2.26. The summed E-state index contributed by atoms with van der Waals surface area (Å²) in [6.07, 6.45) is 0. The van der Waals surface area contributed by atoms with Crippen LogP contribution >= 0.6 is 27.5 Å². The first-order valence-corrected chi connectivity index (χ1v) is 7.13. The number of ether oxygens (including phenoxy) is 1. The summed E-state index contributed by atoms with van der Waals surface area (Å²) in [6, 6.07) is 6.90. The van der Waals surface area contributed by atoms with E-state index in [1.54, 1.807) is 0 Å². The van der Waals surface area contributed by atoms with Crippen molar-refractivity contribution in [2.45, 2.75) is 13.5 Å². The highest BCUT2D eigenvalue weighted by Gasteiger charge is 2.15. The van der Waals surface area contributed by atoms with E-state index in [0.29, 0.717) is 5.02 Å². The van der Waals surface area contributed by atoms with Crippen molar-refractivity contribution >= 4 is 33.3 Å². The molecule has 2 nitrogen and oxygen atoms in total. The number of halogens is 4. The Morgan fingerprint density at radius 2 is 2.00 bits per heavy atom. The Hall–Kier alpha value is -1.46. The fourth-order valence-corrected chi connectivity index (χ4v) is 2.30. The van der Waals surface area contributed by atoms with Crippen LogP contribution in [0.15, 0.2) is 34.8 Å². The second kappa shape index (κ2) is 6.54. The van der Waals surface area contributed by atoms with Crippen molar-refractivity contribution in [3.8, 4) is 5.75 Å². The van der Waals surface area contributed by atoms with Gasteiger partial charge in [-0.05, 0) is 53.2 Å². The summed E-state index contributed by atoms with van der Waals surface area (Å²) < 4.78 is 33.0. The lowest BCUT2D eigenvalue weighted by Gasteiger charge is -2.12. The summed E-state index contributed by atoms with van der Waals surface area (Å²) in [6.45, 7) is 1.03. The summed E-state index contributed by atoms with van der Waals surface area (Å²) in [4.78, 5) is 11.5. The van der Waals surface area contributed by atoms with Crippen molar-refractivity contribution in [1.82, 2.24) is 0 Å². The van der Waals surface area contributed by atoms with Gasteiger partial charge in [-0.25, -0.2) is 8.78 Å². The van der Waals surface area contributed by atoms with Gasteiger partial charge >= 0.3 is 0 Å². The molecule has 0 N–H and O–H groups in total. The third kappa shape index (κ3) is 3.60. The monoisotopic (exact) mass is 374 g/mol. The standard InChI is InChI=1S/C15H10BrClF2O2/c1-8(20)10-6-9(17)2-5-14(10)21-7-11-13(18)4-3-12(16)15(11)19/h2-6H,7H2,1H3. The van der Waals surface area contributed by atoms with Gasteiger partial charge in [-0.3, -0.25) is 4.79 Å². The number of hydrogen-bond acceptors (Lipinski definition) is 2.